The Balaban J connectivity index is 2.79. The predicted molar refractivity (Wildman–Crippen MR) is 79.6 cm³/mol. The van der Waals surface area contributed by atoms with Crippen LogP contribution in [-0.4, -0.2) is 20.3 Å². The van der Waals surface area contributed by atoms with Crippen molar-refractivity contribution in [1.82, 2.24) is 5.32 Å². The minimum Gasteiger partial charge on any atom is -0.496 e. The standard InChI is InChI=1S/C16H27NO2/c1-6-7-12(2)17-13(3)14-8-9-16(19-5)15(10-14)11-18-4/h8-10,12-13,17H,6-7,11H2,1-5H3. The van der Waals surface area contributed by atoms with Crippen molar-refractivity contribution in [3.63, 3.8) is 0 Å². The Kier molecular flexibility index (Phi) is 6.89. The van der Waals surface area contributed by atoms with Crippen LogP contribution in [0.4, 0.5) is 0 Å². The molecule has 2 unspecified atom stereocenters. The molecule has 2 atom stereocenters. The van der Waals surface area contributed by atoms with Crippen LogP contribution in [0.3, 0.4) is 0 Å². The molecule has 0 fully saturated rings. The number of hydrogen-bond donors (Lipinski definition) is 1. The lowest BCUT2D eigenvalue weighted by Crippen LogP contribution is -2.28. The van der Waals surface area contributed by atoms with Gasteiger partial charge in [0.15, 0.2) is 0 Å². The molecule has 0 aliphatic rings. The number of hydrogen-bond acceptors (Lipinski definition) is 3. The van der Waals surface area contributed by atoms with E-state index in [9.17, 15) is 0 Å². The number of rotatable bonds is 8. The zero-order chi connectivity index (χ0) is 14.3. The first kappa shape index (κ1) is 16.0. The molecule has 1 rings (SSSR count). The van der Waals surface area contributed by atoms with E-state index in [0.29, 0.717) is 18.7 Å². The lowest BCUT2D eigenvalue weighted by molar-refractivity contribution is 0.181. The van der Waals surface area contributed by atoms with Gasteiger partial charge in [-0.25, -0.2) is 0 Å². The maximum absolute atomic E-state index is 5.35. The smallest absolute Gasteiger partial charge is 0.124 e. The quantitative estimate of drug-likeness (QED) is 0.777. The molecule has 0 spiro atoms. The summed E-state index contributed by atoms with van der Waals surface area (Å²) in [6.45, 7) is 7.23. The number of nitrogens with one attached hydrogen (secondary N) is 1. The summed E-state index contributed by atoms with van der Waals surface area (Å²) in [4.78, 5) is 0. The van der Waals surface area contributed by atoms with Gasteiger partial charge in [-0.3, -0.25) is 0 Å². The van der Waals surface area contributed by atoms with Gasteiger partial charge < -0.3 is 14.8 Å². The summed E-state index contributed by atoms with van der Waals surface area (Å²) in [5.74, 6) is 0.888. The predicted octanol–water partition coefficient (Wildman–Crippen LogP) is 3.68. The third-order valence-corrected chi connectivity index (χ3v) is 3.36. The summed E-state index contributed by atoms with van der Waals surface area (Å²) in [5.41, 5.74) is 2.37. The van der Waals surface area contributed by atoms with Gasteiger partial charge in [-0.05, 0) is 38.0 Å². The molecule has 0 bridgehead atoms. The van der Waals surface area contributed by atoms with Crippen molar-refractivity contribution >= 4 is 0 Å². The lowest BCUT2D eigenvalue weighted by atomic mass is 10.0. The summed E-state index contributed by atoms with van der Waals surface area (Å²) < 4.78 is 10.6. The Morgan fingerprint density at radius 3 is 2.53 bits per heavy atom. The Bertz CT molecular complexity index is 379. The van der Waals surface area contributed by atoms with Crippen molar-refractivity contribution in [3.05, 3.63) is 29.3 Å². The van der Waals surface area contributed by atoms with Gasteiger partial charge in [-0.2, -0.15) is 0 Å². The van der Waals surface area contributed by atoms with Gasteiger partial charge in [0.25, 0.3) is 0 Å². The fourth-order valence-corrected chi connectivity index (χ4v) is 2.38. The van der Waals surface area contributed by atoms with Crippen molar-refractivity contribution in [2.45, 2.75) is 52.3 Å². The molecule has 1 aromatic carbocycles. The molecule has 0 aliphatic heterocycles. The van der Waals surface area contributed by atoms with Crippen molar-refractivity contribution in [3.8, 4) is 5.75 Å². The SMILES string of the molecule is CCCC(C)NC(C)c1ccc(OC)c(COC)c1. The van der Waals surface area contributed by atoms with Crippen molar-refractivity contribution < 1.29 is 9.47 Å². The van der Waals surface area contributed by atoms with Crippen LogP contribution in [0.1, 0.15) is 50.8 Å². The summed E-state index contributed by atoms with van der Waals surface area (Å²) in [6.07, 6.45) is 2.41. The van der Waals surface area contributed by atoms with Crippen LogP contribution in [0.25, 0.3) is 0 Å². The van der Waals surface area contributed by atoms with Gasteiger partial charge in [0.2, 0.25) is 0 Å². The van der Waals surface area contributed by atoms with Crippen LogP contribution >= 0.6 is 0 Å². The number of ether oxygens (including phenoxy) is 2. The molecule has 0 saturated heterocycles. The highest BCUT2D eigenvalue weighted by Gasteiger charge is 2.11. The molecule has 0 radical (unpaired) electrons. The highest BCUT2D eigenvalue weighted by Crippen LogP contribution is 2.24. The zero-order valence-corrected chi connectivity index (χ0v) is 12.8. The average Bonchev–Trinajstić information content (AvgIpc) is 2.39. The Morgan fingerprint density at radius 1 is 1.21 bits per heavy atom. The number of benzene rings is 1. The first-order chi connectivity index (χ1) is 9.12. The Labute approximate surface area is 117 Å². The monoisotopic (exact) mass is 265 g/mol. The van der Waals surface area contributed by atoms with Crippen LogP contribution in [0.5, 0.6) is 5.75 Å². The molecule has 19 heavy (non-hydrogen) atoms. The highest BCUT2D eigenvalue weighted by atomic mass is 16.5. The minimum atomic E-state index is 0.336. The Hall–Kier alpha value is -1.06. The molecule has 0 amide bonds. The second kappa shape index (κ2) is 8.18. The van der Waals surface area contributed by atoms with Gasteiger partial charge >= 0.3 is 0 Å². The third-order valence-electron chi connectivity index (χ3n) is 3.36. The van der Waals surface area contributed by atoms with E-state index in [-0.39, 0.29) is 0 Å². The molecule has 0 aliphatic carbocycles. The van der Waals surface area contributed by atoms with Crippen molar-refractivity contribution in [1.29, 1.82) is 0 Å². The average molecular weight is 265 g/mol. The molecule has 0 saturated carbocycles. The van der Waals surface area contributed by atoms with Crippen LogP contribution in [-0.2, 0) is 11.3 Å². The van der Waals surface area contributed by atoms with E-state index in [2.05, 4.69) is 38.2 Å². The van der Waals surface area contributed by atoms with Crippen molar-refractivity contribution in [2.24, 2.45) is 0 Å². The van der Waals surface area contributed by atoms with Gasteiger partial charge in [0.1, 0.15) is 5.75 Å². The third kappa shape index (κ3) is 4.84. The summed E-state index contributed by atoms with van der Waals surface area (Å²) in [5, 5.41) is 3.62. The van der Waals surface area contributed by atoms with E-state index in [1.165, 1.54) is 18.4 Å². The molecular formula is C16H27NO2. The summed E-state index contributed by atoms with van der Waals surface area (Å²) in [6, 6.07) is 7.18. The summed E-state index contributed by atoms with van der Waals surface area (Å²) >= 11 is 0. The van der Waals surface area contributed by atoms with Gasteiger partial charge in [0.05, 0.1) is 13.7 Å². The van der Waals surface area contributed by atoms with Crippen LogP contribution in [0, 0.1) is 0 Å². The molecule has 0 aromatic heterocycles. The molecule has 0 heterocycles. The van der Waals surface area contributed by atoms with E-state index in [0.717, 1.165) is 11.3 Å². The van der Waals surface area contributed by atoms with Crippen LogP contribution in [0.15, 0.2) is 18.2 Å². The molecule has 1 aromatic rings. The van der Waals surface area contributed by atoms with E-state index in [1.807, 2.05) is 6.07 Å². The lowest BCUT2D eigenvalue weighted by Gasteiger charge is -2.21. The van der Waals surface area contributed by atoms with Gasteiger partial charge in [-0.15, -0.1) is 0 Å². The maximum atomic E-state index is 5.35. The van der Waals surface area contributed by atoms with Gasteiger partial charge in [0, 0.05) is 24.8 Å². The molecule has 1 N–H and O–H groups in total. The second-order valence-corrected chi connectivity index (χ2v) is 5.08. The molecular weight excluding hydrogens is 238 g/mol. The van der Waals surface area contributed by atoms with Crippen LogP contribution < -0.4 is 10.1 Å². The zero-order valence-electron chi connectivity index (χ0n) is 12.8. The van der Waals surface area contributed by atoms with Crippen LogP contribution in [0.2, 0.25) is 0 Å². The summed E-state index contributed by atoms with van der Waals surface area (Å²) in [7, 11) is 3.40. The van der Waals surface area contributed by atoms with E-state index in [4.69, 9.17) is 9.47 Å². The first-order valence-corrected chi connectivity index (χ1v) is 7.04. The van der Waals surface area contributed by atoms with E-state index < -0.39 is 0 Å². The minimum absolute atomic E-state index is 0.336. The molecule has 3 heteroatoms. The van der Waals surface area contributed by atoms with Crippen molar-refractivity contribution in [2.75, 3.05) is 14.2 Å². The normalized spacial score (nSPS) is 14.2. The fourth-order valence-electron chi connectivity index (χ4n) is 2.38. The highest BCUT2D eigenvalue weighted by molar-refractivity contribution is 5.38. The fraction of sp³-hybridized carbons (Fsp3) is 0.625. The van der Waals surface area contributed by atoms with E-state index in [1.54, 1.807) is 14.2 Å². The topological polar surface area (TPSA) is 30.5 Å². The first-order valence-electron chi connectivity index (χ1n) is 7.04. The second-order valence-electron chi connectivity index (χ2n) is 5.08. The Morgan fingerprint density at radius 2 is 1.95 bits per heavy atom. The van der Waals surface area contributed by atoms with E-state index >= 15 is 0 Å². The maximum Gasteiger partial charge on any atom is 0.124 e. The molecule has 3 nitrogen and oxygen atoms in total. The largest absolute Gasteiger partial charge is 0.496 e. The van der Waals surface area contributed by atoms with Gasteiger partial charge in [-0.1, -0.05) is 19.4 Å². The number of methoxy groups -OCH3 is 2. The molecule has 108 valence electrons.